The van der Waals surface area contributed by atoms with Gasteiger partial charge in [-0.2, -0.15) is 10.4 Å². The molecule has 1 aromatic carbocycles. The van der Waals surface area contributed by atoms with Crippen LogP contribution in [0, 0.1) is 25.2 Å². The zero-order valence-corrected chi connectivity index (χ0v) is 12.0. The lowest BCUT2D eigenvalue weighted by Crippen LogP contribution is -2.14. The molecule has 1 N–H and O–H groups in total. The van der Waals surface area contributed by atoms with Gasteiger partial charge in [-0.15, -0.1) is 0 Å². The maximum absolute atomic E-state index is 12.2. The van der Waals surface area contributed by atoms with Crippen LogP contribution in [0.15, 0.2) is 35.4 Å². The first-order chi connectivity index (χ1) is 9.42. The highest BCUT2D eigenvalue weighted by atomic mass is 32.2. The highest BCUT2D eigenvalue weighted by Crippen LogP contribution is 2.17. The summed E-state index contributed by atoms with van der Waals surface area (Å²) in [5.74, 6) is 0.193. The van der Waals surface area contributed by atoms with Crippen LogP contribution in [0.25, 0.3) is 0 Å². The normalized spacial score (nSPS) is 11.1. The number of aromatic nitrogens is 2. The fourth-order valence-electron chi connectivity index (χ4n) is 1.65. The lowest BCUT2D eigenvalue weighted by atomic mass is 10.1. The second-order valence-electron chi connectivity index (χ2n) is 4.41. The Morgan fingerprint density at radius 2 is 2.05 bits per heavy atom. The summed E-state index contributed by atoms with van der Waals surface area (Å²) in [7, 11) is -3.66. The summed E-state index contributed by atoms with van der Waals surface area (Å²) < 4.78 is 28.2. The minimum atomic E-state index is -3.66. The predicted molar refractivity (Wildman–Crippen MR) is 74.6 cm³/mol. The molecule has 0 aliphatic heterocycles. The van der Waals surface area contributed by atoms with E-state index >= 15 is 0 Å². The molecule has 0 fully saturated rings. The summed E-state index contributed by atoms with van der Waals surface area (Å²) in [4.78, 5) is 0.190. The smallest absolute Gasteiger partial charge is 0.262 e. The predicted octanol–water partition coefficient (Wildman–Crippen LogP) is 1.82. The van der Waals surface area contributed by atoms with E-state index in [4.69, 9.17) is 5.26 Å². The van der Waals surface area contributed by atoms with E-state index in [1.54, 1.807) is 24.4 Å². The average molecular weight is 290 g/mol. The third-order valence-electron chi connectivity index (χ3n) is 2.90. The minimum absolute atomic E-state index is 0.0748. The van der Waals surface area contributed by atoms with E-state index in [1.165, 1.54) is 10.7 Å². The van der Waals surface area contributed by atoms with Gasteiger partial charge < -0.3 is 0 Å². The van der Waals surface area contributed by atoms with Crippen LogP contribution < -0.4 is 4.72 Å². The van der Waals surface area contributed by atoms with Crippen LogP contribution in [0.4, 0.5) is 5.82 Å². The first-order valence-corrected chi connectivity index (χ1v) is 7.41. The number of rotatable bonds is 4. The Labute approximate surface area is 117 Å². The molecule has 0 bridgehead atoms. The topological polar surface area (TPSA) is 87.8 Å². The van der Waals surface area contributed by atoms with Crippen LogP contribution >= 0.6 is 0 Å². The van der Waals surface area contributed by atoms with Crippen LogP contribution in [0.2, 0.25) is 0 Å². The molecular weight excluding hydrogens is 276 g/mol. The largest absolute Gasteiger partial charge is 0.263 e. The molecule has 0 spiro atoms. The van der Waals surface area contributed by atoms with Crippen LogP contribution in [-0.4, -0.2) is 18.2 Å². The number of hydrogen-bond donors (Lipinski definition) is 1. The zero-order valence-electron chi connectivity index (χ0n) is 11.2. The quantitative estimate of drug-likeness (QED) is 0.930. The fraction of sp³-hybridized carbons (Fsp3) is 0.231. The summed E-state index contributed by atoms with van der Waals surface area (Å²) >= 11 is 0. The number of nitrogens with one attached hydrogen (secondary N) is 1. The molecule has 0 aliphatic rings. The number of nitriles is 1. The van der Waals surface area contributed by atoms with Crippen LogP contribution in [0.1, 0.15) is 11.1 Å². The summed E-state index contributed by atoms with van der Waals surface area (Å²) in [6.45, 7) is 3.85. The lowest BCUT2D eigenvalue weighted by Gasteiger charge is -2.07. The van der Waals surface area contributed by atoms with Crippen molar-refractivity contribution in [3.8, 4) is 6.07 Å². The van der Waals surface area contributed by atoms with Crippen LogP contribution in [-0.2, 0) is 16.6 Å². The Kier molecular flexibility index (Phi) is 3.77. The first-order valence-electron chi connectivity index (χ1n) is 5.93. The van der Waals surface area contributed by atoms with Gasteiger partial charge in [0.05, 0.1) is 11.0 Å². The summed E-state index contributed by atoms with van der Waals surface area (Å²) in [5.41, 5.74) is 1.94. The maximum atomic E-state index is 12.2. The molecule has 0 radical (unpaired) electrons. The number of anilines is 1. The van der Waals surface area contributed by atoms with Gasteiger partial charge in [-0.05, 0) is 37.1 Å². The number of aryl methyl sites for hydroxylation is 2. The second kappa shape index (κ2) is 5.35. The Morgan fingerprint density at radius 3 is 2.70 bits per heavy atom. The van der Waals surface area contributed by atoms with Crippen molar-refractivity contribution in [1.82, 2.24) is 9.78 Å². The van der Waals surface area contributed by atoms with Gasteiger partial charge in [-0.25, -0.2) is 8.42 Å². The molecule has 0 atom stereocenters. The van der Waals surface area contributed by atoms with Gasteiger partial charge in [0.25, 0.3) is 10.0 Å². The highest BCUT2D eigenvalue weighted by Gasteiger charge is 2.16. The maximum Gasteiger partial charge on any atom is 0.263 e. The van der Waals surface area contributed by atoms with E-state index in [2.05, 4.69) is 9.82 Å². The van der Waals surface area contributed by atoms with E-state index < -0.39 is 10.0 Å². The van der Waals surface area contributed by atoms with Crippen molar-refractivity contribution in [3.63, 3.8) is 0 Å². The molecule has 6 nitrogen and oxygen atoms in total. The summed E-state index contributed by atoms with van der Waals surface area (Å²) in [6.07, 6.45) is 1.54. The first kappa shape index (κ1) is 14.1. The van der Waals surface area contributed by atoms with Gasteiger partial charge in [0.1, 0.15) is 6.54 Å². The van der Waals surface area contributed by atoms with Crippen molar-refractivity contribution in [1.29, 1.82) is 5.26 Å². The minimum Gasteiger partial charge on any atom is -0.262 e. The van der Waals surface area contributed by atoms with E-state index in [-0.39, 0.29) is 17.3 Å². The van der Waals surface area contributed by atoms with Crippen molar-refractivity contribution >= 4 is 15.8 Å². The van der Waals surface area contributed by atoms with E-state index in [0.29, 0.717) is 0 Å². The van der Waals surface area contributed by atoms with Crippen molar-refractivity contribution in [2.75, 3.05) is 4.72 Å². The lowest BCUT2D eigenvalue weighted by molar-refractivity contribution is 0.600. The zero-order chi connectivity index (χ0) is 14.8. The Morgan fingerprint density at radius 1 is 1.30 bits per heavy atom. The monoisotopic (exact) mass is 290 g/mol. The molecule has 1 heterocycles. The van der Waals surface area contributed by atoms with Crippen molar-refractivity contribution < 1.29 is 8.42 Å². The fourth-order valence-corrected chi connectivity index (χ4v) is 2.74. The Balaban J connectivity index is 2.26. The number of sulfonamides is 1. The molecule has 104 valence electrons. The molecule has 0 unspecified atom stereocenters. The molecule has 2 aromatic rings. The van der Waals surface area contributed by atoms with Gasteiger partial charge >= 0.3 is 0 Å². The molecule has 1 aromatic heterocycles. The SMILES string of the molecule is Cc1ccc(S(=O)(=O)Nc2ccn(CC#N)n2)cc1C. The Bertz CT molecular complexity index is 772. The molecule has 0 saturated carbocycles. The number of benzene rings is 1. The highest BCUT2D eigenvalue weighted by molar-refractivity contribution is 7.92. The Hall–Kier alpha value is -2.33. The third-order valence-corrected chi connectivity index (χ3v) is 4.25. The van der Waals surface area contributed by atoms with Gasteiger partial charge in [-0.3, -0.25) is 9.40 Å². The van der Waals surface area contributed by atoms with Crippen LogP contribution in [0.3, 0.4) is 0 Å². The van der Waals surface area contributed by atoms with Crippen molar-refractivity contribution in [3.05, 3.63) is 41.6 Å². The molecular formula is C13H14N4O2S. The second-order valence-corrected chi connectivity index (χ2v) is 6.09. The van der Waals surface area contributed by atoms with E-state index in [0.717, 1.165) is 11.1 Å². The summed E-state index contributed by atoms with van der Waals surface area (Å²) in [5, 5.41) is 12.5. The van der Waals surface area contributed by atoms with Crippen molar-refractivity contribution in [2.45, 2.75) is 25.3 Å². The summed E-state index contributed by atoms with van der Waals surface area (Å²) in [6, 6.07) is 8.37. The van der Waals surface area contributed by atoms with Gasteiger partial charge in [0, 0.05) is 12.3 Å². The van der Waals surface area contributed by atoms with E-state index in [9.17, 15) is 8.42 Å². The standard InChI is InChI=1S/C13H14N4O2S/c1-10-3-4-12(9-11(10)2)20(18,19)16-13-5-7-17(15-13)8-6-14/h3-5,7,9H,8H2,1-2H3,(H,15,16). The van der Waals surface area contributed by atoms with Gasteiger partial charge in [0.2, 0.25) is 0 Å². The molecule has 0 aliphatic carbocycles. The van der Waals surface area contributed by atoms with Gasteiger partial charge in [0.15, 0.2) is 5.82 Å². The number of hydrogen-bond acceptors (Lipinski definition) is 4. The molecule has 20 heavy (non-hydrogen) atoms. The van der Waals surface area contributed by atoms with Crippen molar-refractivity contribution in [2.24, 2.45) is 0 Å². The van der Waals surface area contributed by atoms with Crippen LogP contribution in [0.5, 0.6) is 0 Å². The molecule has 0 amide bonds. The van der Waals surface area contributed by atoms with E-state index in [1.807, 2.05) is 19.9 Å². The third kappa shape index (κ3) is 2.97. The molecule has 7 heteroatoms. The molecule has 0 saturated heterocycles. The molecule has 2 rings (SSSR count). The van der Waals surface area contributed by atoms with Gasteiger partial charge in [-0.1, -0.05) is 6.07 Å². The number of nitrogens with zero attached hydrogens (tertiary/aromatic N) is 3. The average Bonchev–Trinajstić information content (AvgIpc) is 2.79.